The average Bonchev–Trinajstić information content (AvgIpc) is 2.59. The molecule has 0 saturated heterocycles. The van der Waals surface area contributed by atoms with Gasteiger partial charge >= 0.3 is 17.1 Å². The molecular weight excluding hydrogens is 344 g/mol. The normalized spacial score (nSPS) is 15.5. The Kier molecular flexibility index (Phi) is 6.05. The first-order valence-electron chi connectivity index (χ1n) is 8.27. The second-order valence-electron chi connectivity index (χ2n) is 6.28. The molecule has 0 aliphatic rings. The molecule has 3 nitrogen and oxygen atoms in total. The van der Waals surface area contributed by atoms with Crippen LogP contribution >= 0.6 is 0 Å². The van der Waals surface area contributed by atoms with E-state index in [1.165, 1.54) is 0 Å². The number of para-hydroxylation sites is 2. The zero-order chi connectivity index (χ0) is 18.5. The number of benzene rings is 2. The summed E-state index contributed by atoms with van der Waals surface area (Å²) < 4.78 is 18.9. The molecule has 0 radical (unpaired) electrons. The lowest BCUT2D eigenvalue weighted by Gasteiger charge is -2.34. The summed E-state index contributed by atoms with van der Waals surface area (Å²) in [5, 5.41) is 0. The van der Waals surface area contributed by atoms with Crippen molar-refractivity contribution in [3.63, 3.8) is 0 Å². The standard InChI is InChI=1S/C20H26O3Si2/c1-7-24(5,21-19-15-11-9-13-17(19)3)23-25(6,8-2)22-20-16-12-10-14-18(20)4/h7-16H,1-2H2,3-6H3. The van der Waals surface area contributed by atoms with Crippen LogP contribution in [0.5, 0.6) is 11.5 Å². The molecule has 2 atom stereocenters. The van der Waals surface area contributed by atoms with Crippen LogP contribution in [0.2, 0.25) is 13.1 Å². The molecular formula is C20H26O3Si2. The molecule has 0 saturated carbocycles. The van der Waals surface area contributed by atoms with Crippen molar-refractivity contribution in [2.45, 2.75) is 26.9 Å². The van der Waals surface area contributed by atoms with Gasteiger partial charge in [-0.1, -0.05) is 36.4 Å². The number of hydrogen-bond donors (Lipinski definition) is 0. The summed E-state index contributed by atoms with van der Waals surface area (Å²) in [5.74, 6) is 1.63. The van der Waals surface area contributed by atoms with Crippen molar-refractivity contribution in [3.8, 4) is 11.5 Å². The SMILES string of the molecule is C=C[Si](C)(Oc1ccccc1C)O[Si](C)(C=C)Oc1ccccc1C. The Morgan fingerprint density at radius 1 is 0.720 bits per heavy atom. The van der Waals surface area contributed by atoms with E-state index in [0.717, 1.165) is 22.6 Å². The molecule has 2 aromatic rings. The Bertz CT molecular complexity index is 699. The first-order valence-corrected chi connectivity index (χ1v) is 13.1. The third-order valence-corrected chi connectivity index (χ3v) is 9.94. The summed E-state index contributed by atoms with van der Waals surface area (Å²) in [7, 11) is -5.39. The number of aryl methyl sites for hydroxylation is 2. The van der Waals surface area contributed by atoms with E-state index in [4.69, 9.17) is 13.0 Å². The van der Waals surface area contributed by atoms with E-state index < -0.39 is 17.1 Å². The fraction of sp³-hybridized carbons (Fsp3) is 0.200. The van der Waals surface area contributed by atoms with E-state index in [9.17, 15) is 0 Å². The molecule has 5 heteroatoms. The molecule has 0 N–H and O–H groups in total. The summed E-state index contributed by atoms with van der Waals surface area (Å²) in [6.45, 7) is 15.9. The second kappa shape index (κ2) is 7.86. The van der Waals surface area contributed by atoms with Gasteiger partial charge in [0, 0.05) is 0 Å². The van der Waals surface area contributed by atoms with Gasteiger partial charge in [-0.3, -0.25) is 0 Å². The molecule has 25 heavy (non-hydrogen) atoms. The largest absolute Gasteiger partial charge is 0.518 e. The van der Waals surface area contributed by atoms with E-state index >= 15 is 0 Å². The maximum absolute atomic E-state index is 6.44. The molecule has 0 fully saturated rings. The van der Waals surface area contributed by atoms with Gasteiger partial charge in [-0.15, -0.1) is 13.2 Å². The summed E-state index contributed by atoms with van der Waals surface area (Å²) >= 11 is 0. The maximum atomic E-state index is 6.44. The Balaban J connectivity index is 2.24. The summed E-state index contributed by atoms with van der Waals surface area (Å²) in [6, 6.07) is 15.8. The van der Waals surface area contributed by atoms with Crippen LogP contribution in [0.1, 0.15) is 11.1 Å². The van der Waals surface area contributed by atoms with E-state index in [-0.39, 0.29) is 0 Å². The zero-order valence-electron chi connectivity index (χ0n) is 15.4. The van der Waals surface area contributed by atoms with Crippen molar-refractivity contribution in [1.29, 1.82) is 0 Å². The van der Waals surface area contributed by atoms with Gasteiger partial charge in [0.05, 0.1) is 0 Å². The molecule has 2 aromatic carbocycles. The van der Waals surface area contributed by atoms with Crippen molar-refractivity contribution in [3.05, 3.63) is 84.2 Å². The molecule has 0 aromatic heterocycles. The van der Waals surface area contributed by atoms with Gasteiger partial charge in [0.2, 0.25) is 0 Å². The smallest absolute Gasteiger partial charge is 0.414 e. The molecule has 0 amide bonds. The number of rotatable bonds is 8. The van der Waals surface area contributed by atoms with Crippen molar-refractivity contribution in [2.24, 2.45) is 0 Å². The minimum Gasteiger partial charge on any atom is -0.518 e. The lowest BCUT2D eigenvalue weighted by atomic mass is 10.2. The highest BCUT2D eigenvalue weighted by atomic mass is 28.5. The average molecular weight is 371 g/mol. The van der Waals surface area contributed by atoms with E-state index in [2.05, 4.69) is 13.2 Å². The van der Waals surface area contributed by atoms with Crippen LogP contribution in [0, 0.1) is 13.8 Å². The highest BCUT2D eigenvalue weighted by Gasteiger charge is 2.43. The Labute approximate surface area is 153 Å². The molecule has 0 aliphatic carbocycles. The monoisotopic (exact) mass is 370 g/mol. The van der Waals surface area contributed by atoms with Crippen LogP contribution < -0.4 is 8.85 Å². The molecule has 132 valence electrons. The predicted molar refractivity (Wildman–Crippen MR) is 108 cm³/mol. The molecule has 0 aliphatic heterocycles. The van der Waals surface area contributed by atoms with Crippen LogP contribution in [0.3, 0.4) is 0 Å². The number of hydrogen-bond acceptors (Lipinski definition) is 3. The fourth-order valence-electron chi connectivity index (χ4n) is 2.39. The third kappa shape index (κ3) is 4.95. The van der Waals surface area contributed by atoms with Crippen LogP contribution in [0.4, 0.5) is 0 Å². The highest BCUT2D eigenvalue weighted by Crippen LogP contribution is 2.27. The third-order valence-electron chi connectivity index (χ3n) is 3.96. The first-order chi connectivity index (χ1) is 11.8. The van der Waals surface area contributed by atoms with Gasteiger partial charge < -0.3 is 13.0 Å². The Morgan fingerprint density at radius 3 is 1.40 bits per heavy atom. The Morgan fingerprint density at radius 2 is 1.08 bits per heavy atom. The van der Waals surface area contributed by atoms with Gasteiger partial charge in [0.25, 0.3) is 0 Å². The van der Waals surface area contributed by atoms with E-state index in [1.54, 1.807) is 11.4 Å². The minimum absolute atomic E-state index is 0.813. The van der Waals surface area contributed by atoms with Crippen LogP contribution in [0.25, 0.3) is 0 Å². The van der Waals surface area contributed by atoms with Crippen LogP contribution in [0.15, 0.2) is 73.1 Å². The molecule has 2 rings (SSSR count). The van der Waals surface area contributed by atoms with Crippen molar-refractivity contribution in [1.82, 2.24) is 0 Å². The quantitative estimate of drug-likeness (QED) is 0.585. The summed E-state index contributed by atoms with van der Waals surface area (Å²) in [5.41, 5.74) is 5.70. The minimum atomic E-state index is -2.69. The fourth-order valence-corrected chi connectivity index (χ4v) is 8.11. The molecule has 0 bridgehead atoms. The first kappa shape index (κ1) is 19.2. The second-order valence-corrected chi connectivity index (χ2v) is 12.4. The highest BCUT2D eigenvalue weighted by molar-refractivity contribution is 6.85. The van der Waals surface area contributed by atoms with Gasteiger partial charge in [-0.2, -0.15) is 0 Å². The molecule has 0 heterocycles. The predicted octanol–water partition coefficient (Wildman–Crippen LogP) is 5.37. The van der Waals surface area contributed by atoms with Gasteiger partial charge in [0.1, 0.15) is 11.5 Å². The zero-order valence-corrected chi connectivity index (χ0v) is 17.4. The van der Waals surface area contributed by atoms with Crippen molar-refractivity contribution >= 4 is 17.1 Å². The lowest BCUT2D eigenvalue weighted by Crippen LogP contribution is -2.54. The summed E-state index contributed by atoms with van der Waals surface area (Å²) in [6.07, 6.45) is 0. The van der Waals surface area contributed by atoms with Crippen molar-refractivity contribution < 1.29 is 13.0 Å². The van der Waals surface area contributed by atoms with Gasteiger partial charge in [-0.25, -0.2) is 0 Å². The summed E-state index contributed by atoms with van der Waals surface area (Å²) in [4.78, 5) is 0. The Hall–Kier alpha value is -2.09. The molecule has 2 unspecified atom stereocenters. The van der Waals surface area contributed by atoms with Crippen LogP contribution in [-0.2, 0) is 4.12 Å². The molecule has 0 spiro atoms. The lowest BCUT2D eigenvalue weighted by molar-refractivity contribution is 0.343. The van der Waals surface area contributed by atoms with Gasteiger partial charge in [-0.05, 0) is 61.6 Å². The van der Waals surface area contributed by atoms with E-state index in [1.807, 2.05) is 75.5 Å². The maximum Gasteiger partial charge on any atom is 0.414 e. The van der Waals surface area contributed by atoms with E-state index in [0.29, 0.717) is 0 Å². The van der Waals surface area contributed by atoms with Crippen LogP contribution in [-0.4, -0.2) is 17.1 Å². The van der Waals surface area contributed by atoms with Crippen molar-refractivity contribution in [2.75, 3.05) is 0 Å². The topological polar surface area (TPSA) is 27.7 Å². The van der Waals surface area contributed by atoms with Gasteiger partial charge in [0.15, 0.2) is 0 Å².